The van der Waals surface area contributed by atoms with Crippen molar-refractivity contribution in [3.63, 3.8) is 0 Å². The summed E-state index contributed by atoms with van der Waals surface area (Å²) in [6, 6.07) is 12.1. The molecule has 27 heavy (non-hydrogen) atoms. The molecule has 6 nitrogen and oxygen atoms in total. The summed E-state index contributed by atoms with van der Waals surface area (Å²) in [5.41, 5.74) is 1.17. The minimum Gasteiger partial charge on any atom is -0.481 e. The summed E-state index contributed by atoms with van der Waals surface area (Å²) in [6.45, 7) is 4.08. The number of hydrogen-bond donors (Lipinski definition) is 2. The standard InChI is InChI=1S/C20H27N5OS/c1-15(16-10-6-5-7-11-16)21-20(27)24-19-22-17(14-18(23-19)26-2)25-12-8-3-4-9-13-25/h5-7,10-11,14-15H,3-4,8-9,12-13H2,1-2H3,(H2,21,22,23,24,27). The zero-order chi connectivity index (χ0) is 19.1. The molecule has 0 amide bonds. The maximum Gasteiger partial charge on any atom is 0.234 e. The van der Waals surface area contributed by atoms with Gasteiger partial charge < -0.3 is 20.3 Å². The second-order valence-electron chi connectivity index (χ2n) is 6.72. The highest BCUT2D eigenvalue weighted by atomic mass is 32.1. The van der Waals surface area contributed by atoms with Crippen molar-refractivity contribution in [3.05, 3.63) is 42.0 Å². The highest BCUT2D eigenvalue weighted by Gasteiger charge is 2.15. The van der Waals surface area contributed by atoms with Crippen molar-refractivity contribution in [2.24, 2.45) is 0 Å². The van der Waals surface area contributed by atoms with Crippen LogP contribution in [0.1, 0.15) is 44.2 Å². The number of hydrogen-bond acceptors (Lipinski definition) is 5. The number of ether oxygens (including phenoxy) is 1. The number of nitrogens with zero attached hydrogens (tertiary/aromatic N) is 3. The number of nitrogens with one attached hydrogen (secondary N) is 2. The number of methoxy groups -OCH3 is 1. The van der Waals surface area contributed by atoms with Crippen LogP contribution in [-0.2, 0) is 0 Å². The van der Waals surface area contributed by atoms with E-state index in [4.69, 9.17) is 17.0 Å². The smallest absolute Gasteiger partial charge is 0.234 e. The minimum atomic E-state index is 0.0851. The van der Waals surface area contributed by atoms with Crippen molar-refractivity contribution in [2.45, 2.75) is 38.6 Å². The van der Waals surface area contributed by atoms with E-state index in [0.717, 1.165) is 18.9 Å². The van der Waals surface area contributed by atoms with Gasteiger partial charge in [0, 0.05) is 19.2 Å². The Morgan fingerprint density at radius 3 is 2.48 bits per heavy atom. The maximum atomic E-state index is 5.46. The third kappa shape index (κ3) is 5.53. The Hall–Kier alpha value is -2.41. The molecule has 3 rings (SSSR count). The highest BCUT2D eigenvalue weighted by Crippen LogP contribution is 2.23. The van der Waals surface area contributed by atoms with Gasteiger partial charge in [-0.1, -0.05) is 43.2 Å². The summed E-state index contributed by atoms with van der Waals surface area (Å²) in [5, 5.41) is 6.87. The van der Waals surface area contributed by atoms with Crippen LogP contribution in [0.15, 0.2) is 36.4 Å². The Morgan fingerprint density at radius 1 is 1.11 bits per heavy atom. The minimum absolute atomic E-state index is 0.0851. The Kier molecular flexibility index (Phi) is 6.81. The molecule has 2 aromatic rings. The first-order valence-electron chi connectivity index (χ1n) is 9.46. The monoisotopic (exact) mass is 385 g/mol. The predicted molar refractivity (Wildman–Crippen MR) is 113 cm³/mol. The van der Waals surface area contributed by atoms with Crippen molar-refractivity contribution >= 4 is 29.1 Å². The van der Waals surface area contributed by atoms with E-state index in [1.54, 1.807) is 7.11 Å². The number of anilines is 2. The van der Waals surface area contributed by atoms with Crippen LogP contribution < -0.4 is 20.3 Å². The molecular formula is C20H27N5OS. The van der Waals surface area contributed by atoms with Crippen molar-refractivity contribution in [1.82, 2.24) is 15.3 Å². The number of aromatic nitrogens is 2. The lowest BCUT2D eigenvalue weighted by Crippen LogP contribution is -2.32. The van der Waals surface area contributed by atoms with E-state index in [0.29, 0.717) is 16.9 Å². The summed E-state index contributed by atoms with van der Waals surface area (Å²) in [4.78, 5) is 11.4. The van der Waals surface area contributed by atoms with Crippen molar-refractivity contribution in [1.29, 1.82) is 0 Å². The Labute approximate surface area is 166 Å². The van der Waals surface area contributed by atoms with Crippen molar-refractivity contribution in [3.8, 4) is 5.88 Å². The molecule has 1 unspecified atom stereocenters. The molecule has 7 heteroatoms. The Bertz CT molecular complexity index is 747. The quantitative estimate of drug-likeness (QED) is 0.757. The van der Waals surface area contributed by atoms with E-state index in [1.165, 1.54) is 31.2 Å². The molecule has 1 aromatic carbocycles. The normalized spacial score (nSPS) is 15.6. The van der Waals surface area contributed by atoms with Crippen LogP contribution in [0.4, 0.5) is 11.8 Å². The largest absolute Gasteiger partial charge is 0.481 e. The fourth-order valence-electron chi connectivity index (χ4n) is 3.19. The van der Waals surface area contributed by atoms with Crippen LogP contribution >= 0.6 is 12.2 Å². The van der Waals surface area contributed by atoms with Crippen LogP contribution in [0, 0.1) is 0 Å². The lowest BCUT2D eigenvalue weighted by Gasteiger charge is -2.22. The first-order chi connectivity index (χ1) is 13.2. The van der Waals surface area contributed by atoms with Crippen LogP contribution in [-0.4, -0.2) is 35.3 Å². The summed E-state index contributed by atoms with van der Waals surface area (Å²) < 4.78 is 5.37. The van der Waals surface area contributed by atoms with Gasteiger partial charge in [-0.15, -0.1) is 0 Å². The summed E-state index contributed by atoms with van der Waals surface area (Å²) in [6.07, 6.45) is 4.91. The van der Waals surface area contributed by atoms with Crippen LogP contribution in [0.2, 0.25) is 0 Å². The molecule has 1 fully saturated rings. The molecule has 1 aliphatic heterocycles. The third-order valence-corrected chi connectivity index (χ3v) is 4.92. The van der Waals surface area contributed by atoms with Gasteiger partial charge in [0.1, 0.15) is 5.82 Å². The molecule has 144 valence electrons. The average Bonchev–Trinajstić information content (AvgIpc) is 2.97. The second-order valence-corrected chi connectivity index (χ2v) is 7.13. The first-order valence-corrected chi connectivity index (χ1v) is 9.87. The van der Waals surface area contributed by atoms with E-state index < -0.39 is 0 Å². The first kappa shape index (κ1) is 19.4. The molecule has 1 atom stereocenters. The van der Waals surface area contributed by atoms with Gasteiger partial charge in [-0.05, 0) is 37.5 Å². The molecular weight excluding hydrogens is 358 g/mol. The fraction of sp³-hybridized carbons (Fsp3) is 0.450. The molecule has 1 aliphatic rings. The zero-order valence-corrected chi connectivity index (χ0v) is 16.8. The van der Waals surface area contributed by atoms with E-state index in [-0.39, 0.29) is 6.04 Å². The van der Waals surface area contributed by atoms with Crippen LogP contribution in [0.25, 0.3) is 0 Å². The van der Waals surface area contributed by atoms with Gasteiger partial charge in [0.15, 0.2) is 5.11 Å². The molecule has 1 aromatic heterocycles. The molecule has 0 spiro atoms. The molecule has 2 N–H and O–H groups in total. The molecule has 0 radical (unpaired) electrons. The molecule has 0 bridgehead atoms. The van der Waals surface area contributed by atoms with E-state index in [1.807, 2.05) is 24.3 Å². The Morgan fingerprint density at radius 2 is 1.81 bits per heavy atom. The van der Waals surface area contributed by atoms with Crippen molar-refractivity contribution in [2.75, 3.05) is 30.4 Å². The van der Waals surface area contributed by atoms with Gasteiger partial charge >= 0.3 is 0 Å². The topological polar surface area (TPSA) is 62.3 Å². The van der Waals surface area contributed by atoms with Gasteiger partial charge in [-0.25, -0.2) is 0 Å². The fourth-order valence-corrected chi connectivity index (χ4v) is 3.46. The average molecular weight is 386 g/mol. The van der Waals surface area contributed by atoms with Gasteiger partial charge in [-0.2, -0.15) is 9.97 Å². The zero-order valence-electron chi connectivity index (χ0n) is 15.9. The third-order valence-electron chi connectivity index (χ3n) is 4.70. The summed E-state index contributed by atoms with van der Waals surface area (Å²) >= 11 is 5.46. The van der Waals surface area contributed by atoms with E-state index in [9.17, 15) is 0 Å². The van der Waals surface area contributed by atoms with Crippen LogP contribution in [0.3, 0.4) is 0 Å². The second kappa shape index (κ2) is 9.50. The van der Waals surface area contributed by atoms with Crippen LogP contribution in [0.5, 0.6) is 5.88 Å². The molecule has 0 saturated carbocycles. The maximum absolute atomic E-state index is 5.46. The van der Waals surface area contributed by atoms with Gasteiger partial charge in [0.2, 0.25) is 11.8 Å². The molecule has 1 saturated heterocycles. The lowest BCUT2D eigenvalue weighted by atomic mass is 10.1. The summed E-state index contributed by atoms with van der Waals surface area (Å²) in [7, 11) is 1.62. The summed E-state index contributed by atoms with van der Waals surface area (Å²) in [5.74, 6) is 1.86. The number of benzene rings is 1. The number of rotatable bonds is 5. The van der Waals surface area contributed by atoms with Gasteiger partial charge in [0.05, 0.1) is 13.2 Å². The number of thiocarbonyl (C=S) groups is 1. The lowest BCUT2D eigenvalue weighted by molar-refractivity contribution is 0.397. The van der Waals surface area contributed by atoms with E-state index in [2.05, 4.69) is 44.6 Å². The Balaban J connectivity index is 1.69. The molecule has 0 aliphatic carbocycles. The van der Waals surface area contributed by atoms with E-state index >= 15 is 0 Å². The van der Waals surface area contributed by atoms with Crippen molar-refractivity contribution < 1.29 is 4.74 Å². The highest BCUT2D eigenvalue weighted by molar-refractivity contribution is 7.80. The van der Waals surface area contributed by atoms with Gasteiger partial charge in [0.25, 0.3) is 0 Å². The SMILES string of the molecule is COc1cc(N2CCCCCC2)nc(NC(=S)NC(C)c2ccccc2)n1. The predicted octanol–water partition coefficient (Wildman–Crippen LogP) is 3.91. The van der Waals surface area contributed by atoms with Gasteiger partial charge in [-0.3, -0.25) is 0 Å². The molecule has 2 heterocycles.